The molecule has 0 fully saturated rings. The van der Waals surface area contributed by atoms with Crippen LogP contribution in [0.4, 0.5) is 27.3 Å². The molecule has 10 heteroatoms. The normalized spacial score (nSPS) is 10.6. The first kappa shape index (κ1) is 26.0. The summed E-state index contributed by atoms with van der Waals surface area (Å²) in [5.74, 6) is -1.98. The third-order valence-electron chi connectivity index (χ3n) is 5.89. The van der Waals surface area contributed by atoms with Crippen LogP contribution in [-0.4, -0.2) is 30.9 Å². The maximum atomic E-state index is 15.3. The molecule has 2 aromatic heterocycles. The second-order valence-electron chi connectivity index (χ2n) is 8.14. The van der Waals surface area contributed by atoms with E-state index in [0.717, 1.165) is 5.56 Å². The lowest BCUT2D eigenvalue weighted by Gasteiger charge is -2.14. The number of aryl methyl sites for hydroxylation is 1. The van der Waals surface area contributed by atoms with E-state index < -0.39 is 11.6 Å². The van der Waals surface area contributed by atoms with E-state index in [2.05, 4.69) is 28.8 Å². The minimum absolute atomic E-state index is 0.00313. The molecule has 1 amide bonds. The molecule has 0 spiro atoms. The van der Waals surface area contributed by atoms with E-state index in [1.807, 2.05) is 13.0 Å². The summed E-state index contributed by atoms with van der Waals surface area (Å²) in [6, 6.07) is 8.30. The highest BCUT2D eigenvalue weighted by molar-refractivity contribution is 6.16. The van der Waals surface area contributed by atoms with Crippen LogP contribution in [-0.2, 0) is 4.79 Å². The fourth-order valence-electron chi connectivity index (χ4n) is 3.99. The molecule has 4 rings (SSSR count). The number of para-hydroxylation sites is 1. The molecular formula is C28H25FN4O5. The topological polar surface area (TPSA) is 129 Å². The summed E-state index contributed by atoms with van der Waals surface area (Å²) in [7, 11) is 2.66. The van der Waals surface area contributed by atoms with Gasteiger partial charge in [-0.2, -0.15) is 0 Å². The maximum Gasteiger partial charge on any atom is 0.247 e. The van der Waals surface area contributed by atoms with Crippen LogP contribution in [0.2, 0.25) is 0 Å². The second kappa shape index (κ2) is 10.5. The Morgan fingerprint density at radius 3 is 2.55 bits per heavy atom. The number of nitrogens with one attached hydrogen (secondary N) is 2. The molecule has 2 heterocycles. The SMILES string of the molecule is C=CC(=O)Nc1cccc(C)c1Nc1cc2c(N)c(C(=O)c3c(F)c(OC)cc(OC)c3C=C)oc2cn1. The van der Waals surface area contributed by atoms with Gasteiger partial charge in [0, 0.05) is 17.0 Å². The molecule has 0 bridgehead atoms. The zero-order valence-corrected chi connectivity index (χ0v) is 21.0. The third kappa shape index (κ3) is 4.55. The fraction of sp³-hybridized carbons (Fsp3) is 0.107. The van der Waals surface area contributed by atoms with E-state index in [1.54, 1.807) is 18.2 Å². The molecule has 0 atom stereocenters. The van der Waals surface area contributed by atoms with Crippen molar-refractivity contribution < 1.29 is 27.9 Å². The van der Waals surface area contributed by atoms with Crippen LogP contribution in [0.3, 0.4) is 0 Å². The summed E-state index contributed by atoms with van der Waals surface area (Å²) in [6.45, 7) is 9.01. The number of halogens is 1. The first-order chi connectivity index (χ1) is 18.2. The zero-order valence-electron chi connectivity index (χ0n) is 21.0. The number of pyridine rings is 1. The highest BCUT2D eigenvalue weighted by atomic mass is 19.1. The third-order valence-corrected chi connectivity index (χ3v) is 5.89. The Morgan fingerprint density at radius 2 is 1.89 bits per heavy atom. The summed E-state index contributed by atoms with van der Waals surface area (Å²) in [5, 5.41) is 6.29. The number of ether oxygens (including phenoxy) is 2. The first-order valence-corrected chi connectivity index (χ1v) is 11.3. The maximum absolute atomic E-state index is 15.3. The number of fused-ring (bicyclic) bond motifs is 1. The lowest BCUT2D eigenvalue weighted by atomic mass is 9.98. The Morgan fingerprint density at radius 1 is 1.16 bits per heavy atom. The summed E-state index contributed by atoms with van der Waals surface area (Å²) < 4.78 is 31.4. The van der Waals surface area contributed by atoms with Crippen LogP contribution in [0.15, 0.2) is 60.2 Å². The lowest BCUT2D eigenvalue weighted by molar-refractivity contribution is -0.111. The van der Waals surface area contributed by atoms with Crippen LogP contribution >= 0.6 is 0 Å². The molecule has 0 radical (unpaired) electrons. The van der Waals surface area contributed by atoms with E-state index in [4.69, 9.17) is 19.6 Å². The number of furan rings is 1. The van der Waals surface area contributed by atoms with Crippen molar-refractivity contribution in [1.29, 1.82) is 0 Å². The fourth-order valence-corrected chi connectivity index (χ4v) is 3.99. The number of benzene rings is 2. The molecule has 0 unspecified atom stereocenters. The van der Waals surface area contributed by atoms with Crippen molar-refractivity contribution in [3.05, 3.63) is 84.0 Å². The standard InChI is InChI=1S/C28H25FN4O5/c1-6-15-18(36-4)12-19(37-5)24(29)23(15)27(35)28-25(30)16-11-21(31-13-20(16)38-28)33-26-14(3)9-8-10-17(26)32-22(34)7-2/h6-13H,1-2,30H2,3-5H3,(H,31,33)(H,32,34). The number of nitrogens with zero attached hydrogens (tertiary/aromatic N) is 1. The summed E-state index contributed by atoms with van der Waals surface area (Å²) in [4.78, 5) is 29.7. The minimum Gasteiger partial charge on any atom is -0.496 e. The van der Waals surface area contributed by atoms with Crippen molar-refractivity contribution in [3.8, 4) is 11.5 Å². The molecule has 4 N–H and O–H groups in total. The molecule has 0 aliphatic carbocycles. The smallest absolute Gasteiger partial charge is 0.247 e. The van der Waals surface area contributed by atoms with Gasteiger partial charge in [0.05, 0.1) is 43.0 Å². The second-order valence-corrected chi connectivity index (χ2v) is 8.14. The average Bonchev–Trinajstić information content (AvgIpc) is 3.25. The van der Waals surface area contributed by atoms with Gasteiger partial charge in [-0.1, -0.05) is 31.4 Å². The van der Waals surface area contributed by atoms with Gasteiger partial charge in [-0.15, -0.1) is 0 Å². The molecule has 9 nitrogen and oxygen atoms in total. The van der Waals surface area contributed by atoms with Crippen molar-refractivity contribution in [2.24, 2.45) is 0 Å². The molecule has 0 aliphatic heterocycles. The van der Waals surface area contributed by atoms with Crippen LogP contribution in [0.5, 0.6) is 11.5 Å². The van der Waals surface area contributed by atoms with Gasteiger partial charge in [-0.25, -0.2) is 9.37 Å². The zero-order chi connectivity index (χ0) is 27.6. The van der Waals surface area contributed by atoms with Gasteiger partial charge in [0.25, 0.3) is 0 Å². The molecule has 4 aromatic rings. The molecule has 0 saturated carbocycles. The Hall–Kier alpha value is -5.12. The predicted molar refractivity (Wildman–Crippen MR) is 145 cm³/mol. The van der Waals surface area contributed by atoms with Crippen LogP contribution in [0.1, 0.15) is 27.2 Å². The number of nitrogens with two attached hydrogens (primary N) is 1. The molecule has 0 saturated heterocycles. The highest BCUT2D eigenvalue weighted by Gasteiger charge is 2.29. The van der Waals surface area contributed by atoms with E-state index >= 15 is 4.39 Å². The Labute approximate surface area is 217 Å². The Bertz CT molecular complexity index is 1610. The molecule has 2 aromatic carbocycles. The van der Waals surface area contributed by atoms with Crippen LogP contribution < -0.4 is 25.8 Å². The number of hydrogen-bond donors (Lipinski definition) is 3. The summed E-state index contributed by atoms with van der Waals surface area (Å²) in [6.07, 6.45) is 3.86. The number of rotatable bonds is 9. The monoisotopic (exact) mass is 516 g/mol. The number of anilines is 4. The number of carbonyl (C=O) groups excluding carboxylic acids is 2. The highest BCUT2D eigenvalue weighted by Crippen LogP contribution is 2.38. The minimum atomic E-state index is -0.901. The number of aromatic nitrogens is 1. The number of ketones is 1. The summed E-state index contributed by atoms with van der Waals surface area (Å²) >= 11 is 0. The molecule has 194 valence electrons. The lowest BCUT2D eigenvalue weighted by Crippen LogP contribution is -2.10. The van der Waals surface area contributed by atoms with Gasteiger partial charge in [-0.05, 0) is 30.7 Å². The van der Waals surface area contributed by atoms with Gasteiger partial charge in [-0.3, -0.25) is 9.59 Å². The van der Waals surface area contributed by atoms with Crippen molar-refractivity contribution >= 4 is 51.6 Å². The van der Waals surface area contributed by atoms with Crippen molar-refractivity contribution in [2.75, 3.05) is 30.6 Å². The van der Waals surface area contributed by atoms with Gasteiger partial charge in [0.1, 0.15) is 11.6 Å². The van der Waals surface area contributed by atoms with E-state index in [-0.39, 0.29) is 45.6 Å². The van der Waals surface area contributed by atoms with Crippen LogP contribution in [0.25, 0.3) is 17.0 Å². The number of methoxy groups -OCH3 is 2. The Kier molecular flexibility index (Phi) is 7.15. The van der Waals surface area contributed by atoms with Crippen molar-refractivity contribution in [3.63, 3.8) is 0 Å². The van der Waals surface area contributed by atoms with Crippen molar-refractivity contribution in [1.82, 2.24) is 4.98 Å². The average molecular weight is 517 g/mol. The van der Waals surface area contributed by atoms with Gasteiger partial charge < -0.3 is 30.3 Å². The number of nitrogen functional groups attached to an aromatic ring is 1. The number of hydrogen-bond acceptors (Lipinski definition) is 8. The molecule has 0 aliphatic rings. The summed E-state index contributed by atoms with van der Waals surface area (Å²) in [5.41, 5.74) is 8.27. The van der Waals surface area contributed by atoms with Crippen LogP contribution in [0, 0.1) is 12.7 Å². The molecular weight excluding hydrogens is 491 g/mol. The van der Waals surface area contributed by atoms with E-state index in [1.165, 1.54) is 38.6 Å². The predicted octanol–water partition coefficient (Wildman–Crippen LogP) is 5.62. The van der Waals surface area contributed by atoms with Gasteiger partial charge in [0.2, 0.25) is 11.7 Å². The van der Waals surface area contributed by atoms with Gasteiger partial charge >= 0.3 is 0 Å². The van der Waals surface area contributed by atoms with E-state index in [0.29, 0.717) is 22.6 Å². The first-order valence-electron chi connectivity index (χ1n) is 11.3. The molecule has 38 heavy (non-hydrogen) atoms. The van der Waals surface area contributed by atoms with Gasteiger partial charge in [0.15, 0.2) is 22.9 Å². The van der Waals surface area contributed by atoms with Crippen molar-refractivity contribution in [2.45, 2.75) is 6.92 Å². The van der Waals surface area contributed by atoms with E-state index in [9.17, 15) is 9.59 Å². The largest absolute Gasteiger partial charge is 0.496 e. The quantitative estimate of drug-likeness (QED) is 0.193. The Balaban J connectivity index is 1.78. The number of amides is 1. The number of carbonyl (C=O) groups is 2.